The highest BCUT2D eigenvalue weighted by atomic mass is 35.5. The molecule has 1 rings (SSSR count). The molecule has 110 valence electrons. The molecule has 0 bridgehead atoms. The van der Waals surface area contributed by atoms with Gasteiger partial charge in [-0.1, -0.05) is 23.8 Å². The molecule has 3 unspecified atom stereocenters. The Labute approximate surface area is 122 Å². The molecule has 1 saturated heterocycles. The summed E-state index contributed by atoms with van der Waals surface area (Å²) in [5, 5.41) is 0.0863. The summed E-state index contributed by atoms with van der Waals surface area (Å²) >= 11 is 6.17. The minimum Gasteiger partial charge on any atom is -0.348 e. The van der Waals surface area contributed by atoms with Crippen molar-refractivity contribution in [3.8, 4) is 0 Å². The molecule has 0 saturated carbocycles. The van der Waals surface area contributed by atoms with Gasteiger partial charge in [0.2, 0.25) is 0 Å². The van der Waals surface area contributed by atoms with E-state index in [1.54, 1.807) is 0 Å². The van der Waals surface area contributed by atoms with Crippen molar-refractivity contribution < 1.29 is 9.47 Å². The lowest BCUT2D eigenvalue weighted by molar-refractivity contribution is -0.155. The van der Waals surface area contributed by atoms with E-state index in [4.69, 9.17) is 21.1 Å². The highest BCUT2D eigenvalue weighted by Gasteiger charge is 2.34. The van der Waals surface area contributed by atoms with Gasteiger partial charge in [0.25, 0.3) is 0 Å². The molecule has 0 spiro atoms. The molecule has 1 aliphatic heterocycles. The molecular weight excluding hydrogens is 260 g/mol. The molecule has 3 heteroatoms. The van der Waals surface area contributed by atoms with Gasteiger partial charge >= 0.3 is 0 Å². The molecule has 19 heavy (non-hydrogen) atoms. The number of halogens is 1. The van der Waals surface area contributed by atoms with Crippen molar-refractivity contribution >= 4 is 11.6 Å². The lowest BCUT2D eigenvalue weighted by Crippen LogP contribution is -2.25. The monoisotopic (exact) mass is 286 g/mol. The van der Waals surface area contributed by atoms with Crippen LogP contribution >= 0.6 is 11.6 Å². The summed E-state index contributed by atoms with van der Waals surface area (Å²) in [5.74, 6) is -0.400. The third-order valence-electron chi connectivity index (χ3n) is 3.49. The maximum atomic E-state index is 6.17. The number of alkyl halides is 1. The van der Waals surface area contributed by atoms with E-state index in [-0.39, 0.29) is 11.5 Å². The zero-order valence-electron chi connectivity index (χ0n) is 12.7. The van der Waals surface area contributed by atoms with E-state index < -0.39 is 5.79 Å². The predicted molar refractivity (Wildman–Crippen MR) is 81.6 cm³/mol. The molecule has 0 radical (unpaired) electrons. The molecule has 0 aromatic carbocycles. The normalized spacial score (nSPS) is 29.5. The Morgan fingerprint density at radius 2 is 2.21 bits per heavy atom. The molecular formula is C16H27ClO2. The predicted octanol–water partition coefficient (Wildman–Crippen LogP) is 4.83. The lowest BCUT2D eigenvalue weighted by atomic mass is 10.0. The Morgan fingerprint density at radius 1 is 1.53 bits per heavy atom. The highest BCUT2D eigenvalue weighted by Crippen LogP contribution is 2.28. The molecule has 1 aliphatic rings. The van der Waals surface area contributed by atoms with Crippen molar-refractivity contribution in [2.45, 2.75) is 70.6 Å². The van der Waals surface area contributed by atoms with Crippen LogP contribution in [0.3, 0.4) is 0 Å². The van der Waals surface area contributed by atoms with Gasteiger partial charge in [-0.15, -0.1) is 11.6 Å². The third kappa shape index (κ3) is 6.11. The average molecular weight is 287 g/mol. The Morgan fingerprint density at radius 3 is 2.74 bits per heavy atom. The lowest BCUT2D eigenvalue weighted by Gasteiger charge is -2.22. The zero-order valence-corrected chi connectivity index (χ0v) is 13.4. The fourth-order valence-corrected chi connectivity index (χ4v) is 2.31. The number of hydrogen-bond acceptors (Lipinski definition) is 2. The molecule has 0 aromatic rings. The van der Waals surface area contributed by atoms with Gasteiger partial charge in [-0.05, 0) is 47.0 Å². The van der Waals surface area contributed by atoms with Crippen LogP contribution in [0, 0.1) is 0 Å². The average Bonchev–Trinajstić information content (AvgIpc) is 2.66. The van der Waals surface area contributed by atoms with Crippen LogP contribution in [0.2, 0.25) is 0 Å². The van der Waals surface area contributed by atoms with Crippen LogP contribution in [-0.2, 0) is 9.47 Å². The minimum absolute atomic E-state index is 0.0863. The van der Waals surface area contributed by atoms with Gasteiger partial charge in [0.05, 0.1) is 18.1 Å². The van der Waals surface area contributed by atoms with E-state index in [0.717, 1.165) is 31.3 Å². The second kappa shape index (κ2) is 7.47. The molecule has 0 N–H and O–H groups in total. The smallest absolute Gasteiger partial charge is 0.166 e. The third-order valence-corrected chi connectivity index (χ3v) is 4.08. The van der Waals surface area contributed by atoms with E-state index in [1.807, 2.05) is 20.8 Å². The molecule has 1 fully saturated rings. The van der Waals surface area contributed by atoms with Crippen LogP contribution < -0.4 is 0 Å². The molecule has 3 atom stereocenters. The minimum atomic E-state index is -0.400. The van der Waals surface area contributed by atoms with Gasteiger partial charge < -0.3 is 9.47 Å². The Balaban J connectivity index is 2.26. The van der Waals surface area contributed by atoms with E-state index in [9.17, 15) is 0 Å². The van der Waals surface area contributed by atoms with E-state index in [1.165, 1.54) is 5.57 Å². The first-order chi connectivity index (χ1) is 8.82. The molecule has 0 aromatic heterocycles. The van der Waals surface area contributed by atoms with E-state index in [0.29, 0.717) is 6.61 Å². The molecule has 0 amide bonds. The van der Waals surface area contributed by atoms with Crippen LogP contribution in [0.1, 0.15) is 53.4 Å². The second-order valence-electron chi connectivity index (χ2n) is 5.81. The van der Waals surface area contributed by atoms with Crippen LogP contribution in [0.4, 0.5) is 0 Å². The van der Waals surface area contributed by atoms with Crippen LogP contribution in [0.25, 0.3) is 0 Å². The van der Waals surface area contributed by atoms with Crippen molar-refractivity contribution in [2.75, 3.05) is 6.61 Å². The summed E-state index contributed by atoms with van der Waals surface area (Å²) in [5.41, 5.74) is 2.42. The first kappa shape index (κ1) is 16.7. The Kier molecular flexibility index (Phi) is 6.58. The quantitative estimate of drug-likeness (QED) is 0.493. The maximum Gasteiger partial charge on any atom is 0.166 e. The van der Waals surface area contributed by atoms with Crippen molar-refractivity contribution in [3.63, 3.8) is 0 Å². The second-order valence-corrected chi connectivity index (χ2v) is 6.34. The maximum absolute atomic E-state index is 6.17. The summed E-state index contributed by atoms with van der Waals surface area (Å²) in [7, 11) is 0. The summed E-state index contributed by atoms with van der Waals surface area (Å²) in [6, 6.07) is 0. The van der Waals surface area contributed by atoms with Crippen molar-refractivity contribution in [1.29, 1.82) is 0 Å². The van der Waals surface area contributed by atoms with E-state index in [2.05, 4.69) is 19.6 Å². The summed E-state index contributed by atoms with van der Waals surface area (Å²) in [6.45, 7) is 12.8. The van der Waals surface area contributed by atoms with Gasteiger partial charge in [0.1, 0.15) is 0 Å². The summed E-state index contributed by atoms with van der Waals surface area (Å²) in [6.07, 6.45) is 6.34. The number of allylic oxidation sites excluding steroid dienone is 3. The van der Waals surface area contributed by atoms with Crippen LogP contribution in [-0.4, -0.2) is 23.9 Å². The van der Waals surface area contributed by atoms with E-state index >= 15 is 0 Å². The first-order valence-corrected chi connectivity index (χ1v) is 7.53. The fourth-order valence-electron chi connectivity index (χ4n) is 2.20. The van der Waals surface area contributed by atoms with Gasteiger partial charge in [-0.25, -0.2) is 0 Å². The highest BCUT2D eigenvalue weighted by molar-refractivity contribution is 6.22. The Hall–Kier alpha value is -0.310. The van der Waals surface area contributed by atoms with Gasteiger partial charge in [-0.3, -0.25) is 0 Å². The zero-order chi connectivity index (χ0) is 14.5. The first-order valence-electron chi connectivity index (χ1n) is 7.09. The number of rotatable bonds is 7. The molecule has 2 nitrogen and oxygen atoms in total. The molecule has 0 aliphatic carbocycles. The van der Waals surface area contributed by atoms with Crippen molar-refractivity contribution in [3.05, 3.63) is 23.8 Å². The number of hydrogen-bond donors (Lipinski definition) is 0. The van der Waals surface area contributed by atoms with Gasteiger partial charge in [0, 0.05) is 6.42 Å². The summed E-state index contributed by atoms with van der Waals surface area (Å²) in [4.78, 5) is 0. The number of ether oxygens (including phenoxy) is 2. The van der Waals surface area contributed by atoms with Gasteiger partial charge in [-0.2, -0.15) is 0 Å². The summed E-state index contributed by atoms with van der Waals surface area (Å²) < 4.78 is 11.5. The van der Waals surface area contributed by atoms with Crippen molar-refractivity contribution in [2.24, 2.45) is 0 Å². The standard InChI is InChI=1S/C16H27ClO2/c1-12(2)15(17)9-8-13(3)7-6-10-16(5)18-11-14(4)19-16/h7,14-15H,1,6,8-11H2,2-5H3/b13-7+. The van der Waals surface area contributed by atoms with Crippen LogP contribution in [0.5, 0.6) is 0 Å². The topological polar surface area (TPSA) is 18.5 Å². The fraction of sp³-hybridized carbons (Fsp3) is 0.750. The SMILES string of the molecule is C=C(C)C(Cl)CC/C(C)=C/CCC1(C)OCC(C)O1. The van der Waals surface area contributed by atoms with Crippen molar-refractivity contribution in [1.82, 2.24) is 0 Å². The largest absolute Gasteiger partial charge is 0.348 e. The van der Waals surface area contributed by atoms with Crippen LogP contribution in [0.15, 0.2) is 23.8 Å². The Bertz CT molecular complexity index is 338. The molecule has 1 heterocycles. The van der Waals surface area contributed by atoms with Gasteiger partial charge in [0.15, 0.2) is 5.79 Å².